The summed E-state index contributed by atoms with van der Waals surface area (Å²) in [6.07, 6.45) is 1.53. The molecule has 76 valence electrons. The summed E-state index contributed by atoms with van der Waals surface area (Å²) in [6, 6.07) is 2.05. The first-order valence-corrected chi connectivity index (χ1v) is 4.19. The number of nitrogens with zero attached hydrogens (tertiary/aromatic N) is 1. The monoisotopic (exact) mass is 198 g/mol. The molecule has 0 bridgehead atoms. The molecule has 0 aromatic carbocycles. The predicted octanol–water partition coefficient (Wildman–Crippen LogP) is 1.09. The van der Waals surface area contributed by atoms with Gasteiger partial charge in [0, 0.05) is 12.6 Å². The van der Waals surface area contributed by atoms with Gasteiger partial charge in [0.2, 0.25) is 0 Å². The molecule has 0 unspecified atom stereocenters. The maximum atomic E-state index is 13.1. The van der Waals surface area contributed by atoms with Crippen molar-refractivity contribution in [2.75, 3.05) is 0 Å². The SMILES string of the molecule is N[C@H](CCC(=O)O)c1ncccc1F. The van der Waals surface area contributed by atoms with Gasteiger partial charge in [-0.15, -0.1) is 0 Å². The molecule has 1 rings (SSSR count). The molecule has 0 aliphatic rings. The van der Waals surface area contributed by atoms with Crippen molar-refractivity contribution >= 4 is 5.97 Å². The zero-order chi connectivity index (χ0) is 10.6. The van der Waals surface area contributed by atoms with Crippen LogP contribution in [0.3, 0.4) is 0 Å². The standard InChI is InChI=1S/C9H11FN2O2/c10-6-2-1-5-12-9(6)7(11)3-4-8(13)14/h1-2,5,7H,3-4,11H2,(H,13,14)/t7-/m1/s1. The molecule has 0 radical (unpaired) electrons. The molecule has 5 heteroatoms. The van der Waals surface area contributed by atoms with Crippen LogP contribution < -0.4 is 5.73 Å². The zero-order valence-electron chi connectivity index (χ0n) is 7.48. The zero-order valence-corrected chi connectivity index (χ0v) is 7.48. The van der Waals surface area contributed by atoms with Crippen molar-refractivity contribution in [2.45, 2.75) is 18.9 Å². The average molecular weight is 198 g/mol. The maximum Gasteiger partial charge on any atom is 0.303 e. The van der Waals surface area contributed by atoms with Gasteiger partial charge in [0.15, 0.2) is 0 Å². The van der Waals surface area contributed by atoms with Gasteiger partial charge in [0.05, 0.1) is 11.7 Å². The van der Waals surface area contributed by atoms with E-state index in [9.17, 15) is 9.18 Å². The maximum absolute atomic E-state index is 13.1. The molecule has 1 atom stereocenters. The Bertz CT molecular complexity index is 330. The van der Waals surface area contributed by atoms with Crippen LogP contribution in [0.4, 0.5) is 4.39 Å². The fraction of sp³-hybridized carbons (Fsp3) is 0.333. The van der Waals surface area contributed by atoms with Crippen LogP contribution in [0.15, 0.2) is 18.3 Å². The van der Waals surface area contributed by atoms with Gasteiger partial charge in [-0.2, -0.15) is 0 Å². The van der Waals surface area contributed by atoms with Crippen LogP contribution in [0.5, 0.6) is 0 Å². The molecule has 1 heterocycles. The summed E-state index contributed by atoms with van der Waals surface area (Å²) in [4.78, 5) is 14.0. The minimum Gasteiger partial charge on any atom is -0.481 e. The van der Waals surface area contributed by atoms with E-state index in [1.165, 1.54) is 18.3 Å². The fourth-order valence-electron chi connectivity index (χ4n) is 1.09. The number of carbonyl (C=O) groups is 1. The summed E-state index contributed by atoms with van der Waals surface area (Å²) in [7, 11) is 0. The van der Waals surface area contributed by atoms with Gasteiger partial charge in [0.1, 0.15) is 5.82 Å². The van der Waals surface area contributed by atoms with Crippen LogP contribution in [0.25, 0.3) is 0 Å². The Labute approximate surface area is 80.6 Å². The van der Waals surface area contributed by atoms with Gasteiger partial charge in [-0.05, 0) is 18.6 Å². The average Bonchev–Trinajstić information content (AvgIpc) is 2.15. The van der Waals surface area contributed by atoms with Gasteiger partial charge in [0.25, 0.3) is 0 Å². The highest BCUT2D eigenvalue weighted by atomic mass is 19.1. The number of carboxylic acids is 1. The summed E-state index contributed by atoms with van der Waals surface area (Å²) >= 11 is 0. The third-order valence-corrected chi connectivity index (χ3v) is 1.81. The number of nitrogens with two attached hydrogens (primary N) is 1. The molecule has 4 nitrogen and oxygen atoms in total. The van der Waals surface area contributed by atoms with Crippen LogP contribution in [-0.4, -0.2) is 16.1 Å². The quantitative estimate of drug-likeness (QED) is 0.759. The molecular formula is C9H11FN2O2. The van der Waals surface area contributed by atoms with Crippen LogP contribution in [-0.2, 0) is 4.79 Å². The lowest BCUT2D eigenvalue weighted by Gasteiger charge is -2.09. The van der Waals surface area contributed by atoms with E-state index in [-0.39, 0.29) is 18.5 Å². The second-order valence-corrected chi connectivity index (χ2v) is 2.91. The molecule has 0 saturated carbocycles. The highest BCUT2D eigenvalue weighted by molar-refractivity contribution is 5.66. The first-order chi connectivity index (χ1) is 6.61. The molecule has 0 aliphatic carbocycles. The normalized spacial score (nSPS) is 12.4. The summed E-state index contributed by atoms with van der Waals surface area (Å²) < 4.78 is 13.1. The summed E-state index contributed by atoms with van der Waals surface area (Å²) in [5.74, 6) is -1.44. The van der Waals surface area contributed by atoms with Crippen molar-refractivity contribution in [3.8, 4) is 0 Å². The van der Waals surface area contributed by atoms with E-state index < -0.39 is 17.8 Å². The minimum atomic E-state index is -0.947. The molecule has 14 heavy (non-hydrogen) atoms. The van der Waals surface area contributed by atoms with Gasteiger partial charge in [-0.25, -0.2) is 4.39 Å². The van der Waals surface area contributed by atoms with E-state index in [4.69, 9.17) is 10.8 Å². The summed E-state index contributed by atoms with van der Waals surface area (Å²) in [5.41, 5.74) is 5.70. The number of pyridine rings is 1. The fourth-order valence-corrected chi connectivity index (χ4v) is 1.09. The van der Waals surface area contributed by atoms with E-state index in [1.807, 2.05) is 0 Å². The van der Waals surface area contributed by atoms with Crippen molar-refractivity contribution in [2.24, 2.45) is 5.73 Å². The molecule has 0 saturated heterocycles. The Kier molecular flexibility index (Phi) is 3.53. The highest BCUT2D eigenvalue weighted by Gasteiger charge is 2.13. The van der Waals surface area contributed by atoms with E-state index in [1.54, 1.807) is 0 Å². The van der Waals surface area contributed by atoms with Crippen LogP contribution in [0.2, 0.25) is 0 Å². The number of rotatable bonds is 4. The van der Waals surface area contributed by atoms with Crippen LogP contribution >= 0.6 is 0 Å². The number of aliphatic carboxylic acids is 1. The molecule has 0 amide bonds. The van der Waals surface area contributed by atoms with Gasteiger partial charge < -0.3 is 10.8 Å². The van der Waals surface area contributed by atoms with Crippen molar-refractivity contribution < 1.29 is 14.3 Å². The van der Waals surface area contributed by atoms with Crippen molar-refractivity contribution in [1.82, 2.24) is 4.98 Å². The highest BCUT2D eigenvalue weighted by Crippen LogP contribution is 2.15. The Hall–Kier alpha value is -1.49. The van der Waals surface area contributed by atoms with Gasteiger partial charge in [-0.3, -0.25) is 9.78 Å². The Morgan fingerprint density at radius 3 is 3.00 bits per heavy atom. The third-order valence-electron chi connectivity index (χ3n) is 1.81. The summed E-state index contributed by atoms with van der Waals surface area (Å²) in [6.45, 7) is 0. The third kappa shape index (κ3) is 2.77. The number of halogens is 1. The second kappa shape index (κ2) is 4.66. The lowest BCUT2D eigenvalue weighted by Crippen LogP contribution is -2.15. The van der Waals surface area contributed by atoms with Crippen LogP contribution in [0.1, 0.15) is 24.6 Å². The number of hydrogen-bond donors (Lipinski definition) is 2. The molecule has 0 aliphatic heterocycles. The second-order valence-electron chi connectivity index (χ2n) is 2.91. The van der Waals surface area contributed by atoms with E-state index in [0.29, 0.717) is 0 Å². The lowest BCUT2D eigenvalue weighted by molar-refractivity contribution is -0.137. The largest absolute Gasteiger partial charge is 0.481 e. The van der Waals surface area contributed by atoms with E-state index >= 15 is 0 Å². The van der Waals surface area contributed by atoms with Crippen LogP contribution in [0, 0.1) is 5.82 Å². The van der Waals surface area contributed by atoms with Gasteiger partial charge >= 0.3 is 5.97 Å². The number of hydrogen-bond acceptors (Lipinski definition) is 3. The topological polar surface area (TPSA) is 76.2 Å². The van der Waals surface area contributed by atoms with E-state index in [0.717, 1.165) is 0 Å². The molecule has 3 N–H and O–H groups in total. The number of aromatic nitrogens is 1. The first kappa shape index (κ1) is 10.6. The molecule has 0 fully saturated rings. The molecule has 1 aromatic heterocycles. The van der Waals surface area contributed by atoms with Crippen molar-refractivity contribution in [3.05, 3.63) is 29.8 Å². The smallest absolute Gasteiger partial charge is 0.303 e. The molecule has 0 spiro atoms. The minimum absolute atomic E-state index is 0.0861. The van der Waals surface area contributed by atoms with Gasteiger partial charge in [-0.1, -0.05) is 0 Å². The summed E-state index contributed by atoms with van der Waals surface area (Å²) in [5, 5.41) is 8.41. The van der Waals surface area contributed by atoms with Crippen molar-refractivity contribution in [1.29, 1.82) is 0 Å². The van der Waals surface area contributed by atoms with Crippen molar-refractivity contribution in [3.63, 3.8) is 0 Å². The Morgan fingerprint density at radius 1 is 1.71 bits per heavy atom. The Morgan fingerprint density at radius 2 is 2.43 bits per heavy atom. The molecule has 1 aromatic rings. The predicted molar refractivity (Wildman–Crippen MR) is 48.0 cm³/mol. The van der Waals surface area contributed by atoms with E-state index in [2.05, 4.69) is 4.98 Å². The first-order valence-electron chi connectivity index (χ1n) is 4.19. The lowest BCUT2D eigenvalue weighted by atomic mass is 10.1. The molecular weight excluding hydrogens is 187 g/mol. The Balaban J connectivity index is 2.65. The number of carboxylic acid groups (broad SMARTS) is 1.